The van der Waals surface area contributed by atoms with E-state index in [4.69, 9.17) is 4.74 Å². The molecule has 20 heavy (non-hydrogen) atoms. The molecule has 0 N–H and O–H groups in total. The Morgan fingerprint density at radius 1 is 1.25 bits per heavy atom. The van der Waals surface area contributed by atoms with Crippen molar-refractivity contribution in [3.63, 3.8) is 0 Å². The Morgan fingerprint density at radius 3 is 3.00 bits per heavy atom. The lowest BCUT2D eigenvalue weighted by Gasteiger charge is -2.62. The molecule has 2 fully saturated rings. The predicted molar refractivity (Wildman–Crippen MR) is 86.3 cm³/mol. The van der Waals surface area contributed by atoms with E-state index in [9.17, 15) is 0 Å². The smallest absolute Gasteiger partial charge is 0.119 e. The number of rotatable bonds is 1. The van der Waals surface area contributed by atoms with E-state index in [0.717, 1.165) is 17.0 Å². The van der Waals surface area contributed by atoms with Gasteiger partial charge in [0.2, 0.25) is 0 Å². The second-order valence-corrected chi connectivity index (χ2v) is 10.4. The molecule has 3 heteroatoms. The second-order valence-electron chi connectivity index (χ2n) is 6.61. The number of hydrogen-bond acceptors (Lipinski definition) is 2. The van der Waals surface area contributed by atoms with E-state index in [-0.39, 0.29) is 0 Å². The molecule has 0 spiro atoms. The van der Waals surface area contributed by atoms with Crippen LogP contribution in [0.5, 0.6) is 5.75 Å². The van der Waals surface area contributed by atoms with Crippen molar-refractivity contribution in [2.75, 3.05) is 32.2 Å². The lowest BCUT2D eigenvalue weighted by molar-refractivity contribution is 0.221. The molecule has 3 heterocycles. The molecular weight excluding hydrogens is 266 g/mol. The number of nitrogens with zero attached hydrogens (tertiary/aromatic N) is 1. The molecule has 4 rings (SSSR count). The number of benzene rings is 1. The quantitative estimate of drug-likeness (QED) is 0.787. The largest absolute Gasteiger partial charge is 0.497 e. The van der Waals surface area contributed by atoms with Crippen LogP contribution in [0.2, 0.25) is 0 Å². The number of ether oxygens (including phenoxy) is 1. The molecule has 2 saturated heterocycles. The zero-order chi connectivity index (χ0) is 13.7. The molecule has 110 valence electrons. The van der Waals surface area contributed by atoms with Crippen LogP contribution >= 0.6 is 10.0 Å². The summed E-state index contributed by atoms with van der Waals surface area (Å²) in [4.78, 5) is 4.36. The Morgan fingerprint density at radius 2 is 2.15 bits per heavy atom. The third kappa shape index (κ3) is 1.69. The van der Waals surface area contributed by atoms with Crippen LogP contribution in [0.15, 0.2) is 23.1 Å². The Bertz CT molecular complexity index is 532. The number of fused-ring (bicyclic) bond motifs is 1. The zero-order valence-electron chi connectivity index (χ0n) is 12.6. The van der Waals surface area contributed by atoms with Crippen LogP contribution in [-0.4, -0.2) is 48.4 Å². The summed E-state index contributed by atoms with van der Waals surface area (Å²) in [6.07, 6.45) is 5.61. The Labute approximate surface area is 123 Å². The lowest BCUT2D eigenvalue weighted by Crippen LogP contribution is -2.56. The van der Waals surface area contributed by atoms with Crippen molar-refractivity contribution in [2.24, 2.45) is 0 Å². The van der Waals surface area contributed by atoms with Crippen molar-refractivity contribution in [3.05, 3.63) is 23.8 Å². The molecule has 0 radical (unpaired) electrons. The topological polar surface area (TPSA) is 12.5 Å². The number of likely N-dealkylation sites (N-methyl/N-ethyl adjacent to an activating group) is 1. The summed E-state index contributed by atoms with van der Waals surface area (Å²) in [5, 5.41) is 0.953. The minimum absolute atomic E-state index is 0.586. The second kappa shape index (κ2) is 4.67. The minimum Gasteiger partial charge on any atom is -0.497 e. The van der Waals surface area contributed by atoms with Gasteiger partial charge in [0, 0.05) is 17.8 Å². The fourth-order valence-corrected chi connectivity index (χ4v) is 10.1. The summed E-state index contributed by atoms with van der Waals surface area (Å²) < 4.78 is 5.52. The van der Waals surface area contributed by atoms with Crippen molar-refractivity contribution < 1.29 is 4.74 Å². The molecule has 0 aromatic heterocycles. The molecule has 1 aromatic rings. The van der Waals surface area contributed by atoms with Crippen LogP contribution in [0.1, 0.15) is 24.8 Å². The molecular formula is C17H25NOS. The van der Waals surface area contributed by atoms with Gasteiger partial charge in [0.15, 0.2) is 0 Å². The van der Waals surface area contributed by atoms with Gasteiger partial charge >= 0.3 is 0 Å². The van der Waals surface area contributed by atoms with Crippen LogP contribution in [-0.2, 0) is 6.42 Å². The summed E-state index contributed by atoms with van der Waals surface area (Å²) in [7, 11) is 3.56. The SMILES string of the molecule is COc1ccc2c(c1)S13CCCC[C@H]1[C@@H](C2)N(C)CC3. The van der Waals surface area contributed by atoms with E-state index in [1.165, 1.54) is 43.7 Å². The van der Waals surface area contributed by atoms with Gasteiger partial charge in [-0.25, -0.2) is 10.0 Å². The van der Waals surface area contributed by atoms with E-state index in [0.29, 0.717) is 0 Å². The third-order valence-electron chi connectivity index (χ3n) is 5.77. The van der Waals surface area contributed by atoms with Crippen molar-refractivity contribution in [2.45, 2.75) is 41.9 Å². The van der Waals surface area contributed by atoms with E-state index < -0.39 is 10.0 Å². The first-order valence-corrected chi connectivity index (χ1v) is 9.93. The van der Waals surface area contributed by atoms with Gasteiger partial charge < -0.3 is 9.64 Å². The maximum Gasteiger partial charge on any atom is 0.119 e. The van der Waals surface area contributed by atoms with Crippen LogP contribution in [0.3, 0.4) is 0 Å². The Balaban J connectivity index is 1.88. The molecule has 3 aliphatic rings. The third-order valence-corrected chi connectivity index (χ3v) is 10.7. The summed E-state index contributed by atoms with van der Waals surface area (Å²) in [6.45, 7) is 1.30. The summed E-state index contributed by atoms with van der Waals surface area (Å²) in [6, 6.07) is 7.71. The van der Waals surface area contributed by atoms with Gasteiger partial charge in [-0.1, -0.05) is 12.5 Å². The first-order chi connectivity index (χ1) is 9.74. The van der Waals surface area contributed by atoms with E-state index in [1.54, 1.807) is 17.6 Å². The van der Waals surface area contributed by atoms with Crippen molar-refractivity contribution in [3.8, 4) is 5.75 Å². The average Bonchev–Trinajstić information content (AvgIpc) is 2.50. The average molecular weight is 291 g/mol. The summed E-state index contributed by atoms with van der Waals surface area (Å²) >= 11 is 0. The van der Waals surface area contributed by atoms with Crippen LogP contribution < -0.4 is 4.74 Å². The molecule has 3 aliphatic heterocycles. The normalized spacial score (nSPS) is 39.3. The molecule has 1 unspecified atom stereocenters. The summed E-state index contributed by atoms with van der Waals surface area (Å²) in [5.41, 5.74) is 1.62. The molecule has 1 aromatic carbocycles. The first kappa shape index (κ1) is 13.0. The Hall–Kier alpha value is -0.670. The van der Waals surface area contributed by atoms with E-state index in [1.807, 2.05) is 0 Å². The Kier molecular flexibility index (Phi) is 3.04. The molecule has 0 aliphatic carbocycles. The van der Waals surface area contributed by atoms with Gasteiger partial charge in [-0.05, 0) is 60.4 Å². The highest BCUT2D eigenvalue weighted by Crippen LogP contribution is 2.69. The highest BCUT2D eigenvalue weighted by molar-refractivity contribution is 8.34. The lowest BCUT2D eigenvalue weighted by atomic mass is 9.97. The van der Waals surface area contributed by atoms with E-state index >= 15 is 0 Å². The summed E-state index contributed by atoms with van der Waals surface area (Å²) in [5.74, 6) is 3.96. The number of methoxy groups -OCH3 is 1. The maximum atomic E-state index is 5.52. The highest BCUT2D eigenvalue weighted by Gasteiger charge is 2.49. The monoisotopic (exact) mass is 291 g/mol. The van der Waals surface area contributed by atoms with Crippen LogP contribution in [0.4, 0.5) is 0 Å². The molecule has 0 amide bonds. The highest BCUT2D eigenvalue weighted by atomic mass is 32.3. The number of hydrogen-bond donors (Lipinski definition) is 0. The van der Waals surface area contributed by atoms with Crippen LogP contribution in [0, 0.1) is 0 Å². The maximum absolute atomic E-state index is 5.52. The van der Waals surface area contributed by atoms with Gasteiger partial charge in [-0.15, -0.1) is 0 Å². The molecule has 3 atom stereocenters. The molecule has 0 saturated carbocycles. The van der Waals surface area contributed by atoms with Gasteiger partial charge in [-0.3, -0.25) is 0 Å². The van der Waals surface area contributed by atoms with Crippen molar-refractivity contribution in [1.82, 2.24) is 4.90 Å². The van der Waals surface area contributed by atoms with Crippen LogP contribution in [0.25, 0.3) is 0 Å². The van der Waals surface area contributed by atoms with Gasteiger partial charge in [-0.2, -0.15) is 0 Å². The van der Waals surface area contributed by atoms with E-state index in [2.05, 4.69) is 30.1 Å². The molecule has 2 nitrogen and oxygen atoms in total. The van der Waals surface area contributed by atoms with Gasteiger partial charge in [0.05, 0.1) is 7.11 Å². The fraction of sp³-hybridized carbons (Fsp3) is 0.647. The molecule has 2 bridgehead atoms. The zero-order valence-corrected chi connectivity index (χ0v) is 13.4. The minimum atomic E-state index is -0.586. The fourth-order valence-electron chi connectivity index (χ4n) is 4.69. The first-order valence-electron chi connectivity index (χ1n) is 7.89. The standard InChI is InChI=1S/C17H25NOS/c1-18-8-10-20-9-4-3-5-16(20)15(18)11-13-6-7-14(19-2)12-17(13)20/h6-7,12,15-16H,3-5,8-11H2,1-2H3/t15-,16+/m1/s1. The van der Waals surface area contributed by atoms with Crippen molar-refractivity contribution >= 4 is 10.0 Å². The van der Waals surface area contributed by atoms with Gasteiger partial charge in [0.25, 0.3) is 0 Å². The van der Waals surface area contributed by atoms with Gasteiger partial charge in [0.1, 0.15) is 5.75 Å². The predicted octanol–water partition coefficient (Wildman–Crippen LogP) is 3.28. The van der Waals surface area contributed by atoms with Crippen molar-refractivity contribution in [1.29, 1.82) is 0 Å².